The van der Waals surface area contributed by atoms with E-state index >= 15 is 0 Å². The molecular weight excluding hydrogens is 234 g/mol. The Kier molecular flexibility index (Phi) is 4.31. The van der Waals surface area contributed by atoms with E-state index in [0.717, 1.165) is 29.3 Å². The molecule has 1 aromatic carbocycles. The number of pyridine rings is 1. The summed E-state index contributed by atoms with van der Waals surface area (Å²) in [7, 11) is 0. The highest BCUT2D eigenvalue weighted by molar-refractivity contribution is 6.17. The molecule has 4 heteroatoms. The number of halogens is 1. The van der Waals surface area contributed by atoms with Crippen LogP contribution in [-0.2, 0) is 0 Å². The van der Waals surface area contributed by atoms with Gasteiger partial charge in [0.15, 0.2) is 0 Å². The molecular formula is C13H16ClN3. The van der Waals surface area contributed by atoms with Crippen LogP contribution in [0.3, 0.4) is 0 Å². The summed E-state index contributed by atoms with van der Waals surface area (Å²) < 4.78 is 0. The highest BCUT2D eigenvalue weighted by atomic mass is 35.5. The van der Waals surface area contributed by atoms with Crippen LogP contribution in [0.15, 0.2) is 36.5 Å². The van der Waals surface area contributed by atoms with Gasteiger partial charge in [0.1, 0.15) is 0 Å². The van der Waals surface area contributed by atoms with Crippen LogP contribution >= 0.6 is 11.6 Å². The van der Waals surface area contributed by atoms with Crippen LogP contribution in [0, 0.1) is 0 Å². The Balaban J connectivity index is 2.27. The van der Waals surface area contributed by atoms with Crippen molar-refractivity contribution in [3.63, 3.8) is 0 Å². The number of benzene rings is 1. The van der Waals surface area contributed by atoms with E-state index in [2.05, 4.69) is 34.7 Å². The van der Waals surface area contributed by atoms with Crippen LogP contribution in [0.25, 0.3) is 10.9 Å². The Labute approximate surface area is 106 Å². The van der Waals surface area contributed by atoms with Crippen LogP contribution in [-0.4, -0.2) is 10.9 Å². The van der Waals surface area contributed by atoms with Crippen molar-refractivity contribution in [1.82, 2.24) is 10.4 Å². The van der Waals surface area contributed by atoms with Crippen molar-refractivity contribution in [2.24, 2.45) is 5.84 Å². The molecule has 2 rings (SSSR count). The van der Waals surface area contributed by atoms with Gasteiger partial charge in [0.05, 0.1) is 5.52 Å². The summed E-state index contributed by atoms with van der Waals surface area (Å²) in [5, 5.41) is 1.14. The average molecular weight is 250 g/mol. The predicted molar refractivity (Wildman–Crippen MR) is 71.8 cm³/mol. The van der Waals surface area contributed by atoms with Gasteiger partial charge >= 0.3 is 0 Å². The number of nitrogens with one attached hydrogen (secondary N) is 1. The minimum Gasteiger partial charge on any atom is -0.271 e. The fraction of sp³-hybridized carbons (Fsp3) is 0.308. The van der Waals surface area contributed by atoms with Gasteiger partial charge in [-0.05, 0) is 30.5 Å². The highest BCUT2D eigenvalue weighted by Gasteiger charge is 2.09. The largest absolute Gasteiger partial charge is 0.271 e. The normalized spacial score (nSPS) is 12.8. The first-order chi connectivity index (χ1) is 8.35. The Morgan fingerprint density at radius 3 is 3.00 bits per heavy atom. The molecule has 17 heavy (non-hydrogen) atoms. The number of alkyl halides is 1. The fourth-order valence-corrected chi connectivity index (χ4v) is 2.08. The summed E-state index contributed by atoms with van der Waals surface area (Å²) in [4.78, 5) is 4.34. The van der Waals surface area contributed by atoms with E-state index in [1.54, 1.807) is 6.20 Å². The van der Waals surface area contributed by atoms with Gasteiger partial charge < -0.3 is 0 Å². The van der Waals surface area contributed by atoms with Gasteiger partial charge in [-0.3, -0.25) is 16.3 Å². The van der Waals surface area contributed by atoms with Crippen LogP contribution in [0.5, 0.6) is 0 Å². The van der Waals surface area contributed by atoms with Crippen LogP contribution in [0.4, 0.5) is 0 Å². The van der Waals surface area contributed by atoms with Crippen molar-refractivity contribution < 1.29 is 0 Å². The SMILES string of the molecule is NNC(CCCCl)c1ccc2cccnc2c1. The zero-order chi connectivity index (χ0) is 12.1. The van der Waals surface area contributed by atoms with Gasteiger partial charge in [-0.15, -0.1) is 11.6 Å². The quantitative estimate of drug-likeness (QED) is 0.487. The summed E-state index contributed by atoms with van der Waals surface area (Å²) in [6.07, 6.45) is 3.67. The van der Waals surface area contributed by atoms with Gasteiger partial charge in [0.2, 0.25) is 0 Å². The van der Waals surface area contributed by atoms with E-state index in [-0.39, 0.29) is 6.04 Å². The minimum absolute atomic E-state index is 0.139. The molecule has 1 aromatic heterocycles. The number of nitrogens with two attached hydrogens (primary N) is 1. The van der Waals surface area contributed by atoms with Crippen molar-refractivity contribution in [3.8, 4) is 0 Å². The van der Waals surface area contributed by atoms with Crippen LogP contribution in [0.2, 0.25) is 0 Å². The maximum absolute atomic E-state index is 5.70. The molecule has 3 nitrogen and oxygen atoms in total. The third-order valence-corrected chi connectivity index (χ3v) is 3.13. The molecule has 2 aromatic rings. The molecule has 0 bridgehead atoms. The van der Waals surface area contributed by atoms with Crippen molar-refractivity contribution in [3.05, 3.63) is 42.1 Å². The van der Waals surface area contributed by atoms with Crippen molar-refractivity contribution in [1.29, 1.82) is 0 Å². The lowest BCUT2D eigenvalue weighted by Gasteiger charge is -2.16. The highest BCUT2D eigenvalue weighted by Crippen LogP contribution is 2.21. The molecule has 0 saturated carbocycles. The van der Waals surface area contributed by atoms with Gasteiger partial charge in [-0.25, -0.2) is 0 Å². The first kappa shape index (κ1) is 12.3. The number of hydrogen-bond acceptors (Lipinski definition) is 3. The van der Waals surface area contributed by atoms with E-state index in [4.69, 9.17) is 17.4 Å². The molecule has 0 spiro atoms. The Morgan fingerprint density at radius 2 is 2.24 bits per heavy atom. The number of hydrazine groups is 1. The van der Waals surface area contributed by atoms with E-state index in [1.165, 1.54) is 0 Å². The maximum atomic E-state index is 5.70. The van der Waals surface area contributed by atoms with Crippen molar-refractivity contribution in [2.45, 2.75) is 18.9 Å². The second-order valence-corrected chi connectivity index (χ2v) is 4.38. The number of aromatic nitrogens is 1. The minimum atomic E-state index is 0.139. The number of nitrogens with zero attached hydrogens (tertiary/aromatic N) is 1. The molecule has 0 saturated heterocycles. The van der Waals surface area contributed by atoms with Crippen LogP contribution in [0.1, 0.15) is 24.4 Å². The standard InChI is InChI=1S/C13H16ClN3/c14-7-1-4-12(17-15)11-6-5-10-3-2-8-16-13(10)9-11/h2-3,5-6,8-9,12,17H,1,4,7,15H2. The summed E-state index contributed by atoms with van der Waals surface area (Å²) in [5.41, 5.74) is 4.98. The fourth-order valence-electron chi connectivity index (χ4n) is 1.93. The van der Waals surface area contributed by atoms with Gasteiger partial charge in [-0.1, -0.05) is 18.2 Å². The average Bonchev–Trinajstić information content (AvgIpc) is 2.39. The number of hydrogen-bond donors (Lipinski definition) is 2. The summed E-state index contributed by atoms with van der Waals surface area (Å²) in [6, 6.07) is 10.4. The van der Waals surface area contributed by atoms with Crippen molar-refractivity contribution in [2.75, 3.05) is 5.88 Å². The molecule has 1 unspecified atom stereocenters. The molecule has 3 N–H and O–H groups in total. The Hall–Kier alpha value is -1.16. The maximum Gasteiger partial charge on any atom is 0.0705 e. The van der Waals surface area contributed by atoms with E-state index < -0.39 is 0 Å². The second-order valence-electron chi connectivity index (χ2n) is 4.01. The first-order valence-corrected chi connectivity index (χ1v) is 6.25. The molecule has 1 heterocycles. The smallest absolute Gasteiger partial charge is 0.0705 e. The molecule has 0 aliphatic rings. The molecule has 0 aliphatic heterocycles. The van der Waals surface area contributed by atoms with Gasteiger partial charge in [0.25, 0.3) is 0 Å². The predicted octanol–water partition coefficient (Wildman–Crippen LogP) is 2.76. The lowest BCUT2D eigenvalue weighted by atomic mass is 10.0. The third-order valence-electron chi connectivity index (χ3n) is 2.86. The lowest BCUT2D eigenvalue weighted by molar-refractivity contribution is 0.512. The number of rotatable bonds is 5. The summed E-state index contributed by atoms with van der Waals surface area (Å²) >= 11 is 5.70. The van der Waals surface area contributed by atoms with Gasteiger partial charge in [-0.2, -0.15) is 0 Å². The third kappa shape index (κ3) is 2.94. The summed E-state index contributed by atoms with van der Waals surface area (Å²) in [6.45, 7) is 0. The zero-order valence-corrected chi connectivity index (χ0v) is 10.3. The van der Waals surface area contributed by atoms with E-state index in [1.807, 2.05) is 6.07 Å². The van der Waals surface area contributed by atoms with E-state index in [0.29, 0.717) is 5.88 Å². The van der Waals surface area contributed by atoms with Crippen molar-refractivity contribution >= 4 is 22.5 Å². The molecule has 0 aliphatic carbocycles. The monoisotopic (exact) mass is 249 g/mol. The molecule has 1 atom stereocenters. The topological polar surface area (TPSA) is 50.9 Å². The number of fused-ring (bicyclic) bond motifs is 1. The second kappa shape index (κ2) is 5.96. The lowest BCUT2D eigenvalue weighted by Crippen LogP contribution is -2.28. The molecule has 0 amide bonds. The molecule has 0 radical (unpaired) electrons. The Morgan fingerprint density at radius 1 is 1.35 bits per heavy atom. The Bertz CT molecular complexity index is 487. The van der Waals surface area contributed by atoms with Crippen LogP contribution < -0.4 is 11.3 Å². The first-order valence-electron chi connectivity index (χ1n) is 5.72. The zero-order valence-electron chi connectivity index (χ0n) is 9.57. The van der Waals surface area contributed by atoms with Gasteiger partial charge in [0, 0.05) is 23.5 Å². The van der Waals surface area contributed by atoms with E-state index in [9.17, 15) is 0 Å². The molecule has 0 fully saturated rings. The summed E-state index contributed by atoms with van der Waals surface area (Å²) in [5.74, 6) is 6.23. The molecule has 90 valence electrons.